The van der Waals surface area contributed by atoms with Crippen molar-refractivity contribution in [2.75, 3.05) is 12.4 Å². The second kappa shape index (κ2) is 4.13. The first-order valence-electron chi connectivity index (χ1n) is 5.28. The molecule has 0 fully saturated rings. The minimum atomic E-state index is -0.970. The molecule has 0 aromatic carbocycles. The van der Waals surface area contributed by atoms with Crippen LogP contribution in [-0.4, -0.2) is 22.1 Å². The SMILES string of the molecule is CNc1ncc(C(C)(C)O)c2cc(Cl)ncc12. The fraction of sp³-hybridized carbons (Fsp3) is 0.333. The molecule has 0 saturated carbocycles. The summed E-state index contributed by atoms with van der Waals surface area (Å²) in [6.45, 7) is 3.44. The molecule has 5 heteroatoms. The molecule has 0 saturated heterocycles. The molecule has 0 radical (unpaired) electrons. The van der Waals surface area contributed by atoms with Gasteiger partial charge >= 0.3 is 0 Å². The lowest BCUT2D eigenvalue weighted by Gasteiger charge is -2.20. The van der Waals surface area contributed by atoms with Gasteiger partial charge in [0.2, 0.25) is 0 Å². The zero-order valence-electron chi connectivity index (χ0n) is 9.95. The second-order valence-electron chi connectivity index (χ2n) is 4.38. The third-order valence-electron chi connectivity index (χ3n) is 2.63. The number of rotatable bonds is 2. The number of nitrogens with zero attached hydrogens (tertiary/aromatic N) is 2. The quantitative estimate of drug-likeness (QED) is 0.806. The standard InChI is InChI=1S/C12H14ClN3O/c1-12(2,17)9-6-16-11(14-3)8-5-15-10(13)4-7(8)9/h4-6,17H,1-3H3,(H,14,16). The van der Waals surface area contributed by atoms with Crippen LogP contribution in [-0.2, 0) is 5.60 Å². The maximum Gasteiger partial charge on any atom is 0.135 e. The Morgan fingerprint density at radius 3 is 2.53 bits per heavy atom. The van der Waals surface area contributed by atoms with Gasteiger partial charge in [0, 0.05) is 30.4 Å². The molecule has 2 aromatic heterocycles. The lowest BCUT2D eigenvalue weighted by atomic mass is 9.95. The summed E-state index contributed by atoms with van der Waals surface area (Å²) in [4.78, 5) is 8.31. The molecule has 0 aliphatic heterocycles. The highest BCUT2D eigenvalue weighted by molar-refractivity contribution is 6.30. The highest BCUT2D eigenvalue weighted by atomic mass is 35.5. The Morgan fingerprint density at radius 2 is 1.94 bits per heavy atom. The van der Waals surface area contributed by atoms with Crippen molar-refractivity contribution in [3.63, 3.8) is 0 Å². The lowest BCUT2D eigenvalue weighted by Crippen LogP contribution is -2.16. The normalized spacial score (nSPS) is 11.8. The van der Waals surface area contributed by atoms with E-state index < -0.39 is 5.60 Å². The summed E-state index contributed by atoms with van der Waals surface area (Å²) in [6, 6.07) is 1.74. The Balaban J connectivity index is 2.84. The minimum absolute atomic E-state index is 0.399. The van der Waals surface area contributed by atoms with Gasteiger partial charge in [0.1, 0.15) is 11.0 Å². The van der Waals surface area contributed by atoms with Crippen LogP contribution in [0.2, 0.25) is 5.15 Å². The molecule has 2 rings (SSSR count). The molecule has 2 N–H and O–H groups in total. The van der Waals surface area contributed by atoms with E-state index in [1.54, 1.807) is 39.4 Å². The number of pyridine rings is 2. The first-order chi connectivity index (χ1) is 7.93. The van der Waals surface area contributed by atoms with Crippen LogP contribution in [0.25, 0.3) is 10.8 Å². The van der Waals surface area contributed by atoms with Crippen LogP contribution in [0, 0.1) is 0 Å². The van der Waals surface area contributed by atoms with E-state index in [9.17, 15) is 5.11 Å². The molecule has 0 spiro atoms. The summed E-state index contributed by atoms with van der Waals surface area (Å²) in [5.74, 6) is 0.720. The van der Waals surface area contributed by atoms with Gasteiger partial charge in [0.05, 0.1) is 5.60 Å². The number of fused-ring (bicyclic) bond motifs is 1. The van der Waals surface area contributed by atoms with Gasteiger partial charge in [-0.2, -0.15) is 0 Å². The van der Waals surface area contributed by atoms with Gasteiger partial charge in [-0.25, -0.2) is 9.97 Å². The van der Waals surface area contributed by atoms with Crippen LogP contribution in [0.4, 0.5) is 5.82 Å². The Hall–Kier alpha value is -1.39. The minimum Gasteiger partial charge on any atom is -0.386 e. The zero-order chi connectivity index (χ0) is 12.6. The highest BCUT2D eigenvalue weighted by Gasteiger charge is 2.21. The predicted octanol–water partition coefficient (Wildman–Crippen LogP) is 2.55. The van der Waals surface area contributed by atoms with E-state index in [-0.39, 0.29) is 0 Å². The van der Waals surface area contributed by atoms with Crippen LogP contribution in [0.5, 0.6) is 0 Å². The fourth-order valence-electron chi connectivity index (χ4n) is 1.80. The van der Waals surface area contributed by atoms with Crippen molar-refractivity contribution in [3.05, 3.63) is 29.2 Å². The van der Waals surface area contributed by atoms with Crippen LogP contribution in [0.1, 0.15) is 19.4 Å². The Kier molecular flexibility index (Phi) is 2.93. The Labute approximate surface area is 105 Å². The van der Waals surface area contributed by atoms with E-state index in [1.165, 1.54) is 0 Å². The highest BCUT2D eigenvalue weighted by Crippen LogP contribution is 2.31. The molecule has 0 aliphatic rings. The summed E-state index contributed by atoms with van der Waals surface area (Å²) >= 11 is 5.90. The third-order valence-corrected chi connectivity index (χ3v) is 2.84. The summed E-state index contributed by atoms with van der Waals surface area (Å²) in [7, 11) is 1.79. The van der Waals surface area contributed by atoms with Crippen LogP contribution < -0.4 is 5.32 Å². The summed E-state index contributed by atoms with van der Waals surface area (Å²) in [5, 5.41) is 15.2. The first kappa shape index (κ1) is 12.1. The monoisotopic (exact) mass is 251 g/mol. The van der Waals surface area contributed by atoms with Gasteiger partial charge in [0.15, 0.2) is 0 Å². The van der Waals surface area contributed by atoms with Crippen molar-refractivity contribution < 1.29 is 5.11 Å². The molecule has 0 unspecified atom stereocenters. The summed E-state index contributed by atoms with van der Waals surface area (Å²) in [6.07, 6.45) is 3.32. The zero-order valence-corrected chi connectivity index (χ0v) is 10.7. The number of hydrogen-bond donors (Lipinski definition) is 2. The van der Waals surface area contributed by atoms with Crippen molar-refractivity contribution in [2.45, 2.75) is 19.4 Å². The molecule has 2 heterocycles. The first-order valence-corrected chi connectivity index (χ1v) is 5.66. The van der Waals surface area contributed by atoms with Crippen molar-refractivity contribution >= 4 is 28.2 Å². The number of halogens is 1. The smallest absolute Gasteiger partial charge is 0.135 e. The molecule has 0 aliphatic carbocycles. The van der Waals surface area contributed by atoms with E-state index in [2.05, 4.69) is 15.3 Å². The van der Waals surface area contributed by atoms with E-state index >= 15 is 0 Å². The van der Waals surface area contributed by atoms with Crippen molar-refractivity contribution in [1.29, 1.82) is 0 Å². The number of aliphatic hydroxyl groups is 1. The maximum atomic E-state index is 10.1. The van der Waals surface area contributed by atoms with Crippen LogP contribution in [0.15, 0.2) is 18.5 Å². The number of anilines is 1. The topological polar surface area (TPSA) is 58.0 Å². The molecular formula is C12H14ClN3O. The van der Waals surface area contributed by atoms with Crippen LogP contribution >= 0.6 is 11.6 Å². The lowest BCUT2D eigenvalue weighted by molar-refractivity contribution is 0.0799. The van der Waals surface area contributed by atoms with E-state index in [0.717, 1.165) is 22.2 Å². The van der Waals surface area contributed by atoms with Gasteiger partial charge in [-0.3, -0.25) is 0 Å². The van der Waals surface area contributed by atoms with E-state index in [1.807, 2.05) is 0 Å². The van der Waals surface area contributed by atoms with Crippen LogP contribution in [0.3, 0.4) is 0 Å². The van der Waals surface area contributed by atoms with Crippen molar-refractivity contribution in [1.82, 2.24) is 9.97 Å². The van der Waals surface area contributed by atoms with E-state index in [0.29, 0.717) is 5.15 Å². The molecule has 90 valence electrons. The van der Waals surface area contributed by atoms with Gasteiger partial charge in [-0.05, 0) is 25.3 Å². The largest absolute Gasteiger partial charge is 0.386 e. The Morgan fingerprint density at radius 1 is 1.24 bits per heavy atom. The molecule has 4 nitrogen and oxygen atoms in total. The maximum absolute atomic E-state index is 10.1. The molecular weight excluding hydrogens is 238 g/mol. The number of hydrogen-bond acceptors (Lipinski definition) is 4. The Bertz CT molecular complexity index is 563. The average Bonchev–Trinajstić information content (AvgIpc) is 2.25. The number of nitrogens with one attached hydrogen (secondary N) is 1. The fourth-order valence-corrected chi connectivity index (χ4v) is 1.95. The van der Waals surface area contributed by atoms with Gasteiger partial charge in [0.25, 0.3) is 0 Å². The summed E-state index contributed by atoms with van der Waals surface area (Å²) in [5.41, 5.74) is -0.238. The summed E-state index contributed by atoms with van der Waals surface area (Å²) < 4.78 is 0. The average molecular weight is 252 g/mol. The van der Waals surface area contributed by atoms with E-state index in [4.69, 9.17) is 11.6 Å². The van der Waals surface area contributed by atoms with Gasteiger partial charge in [-0.1, -0.05) is 11.6 Å². The van der Waals surface area contributed by atoms with Crippen molar-refractivity contribution in [3.8, 4) is 0 Å². The molecule has 0 bridgehead atoms. The molecule has 2 aromatic rings. The van der Waals surface area contributed by atoms with Gasteiger partial charge in [-0.15, -0.1) is 0 Å². The van der Waals surface area contributed by atoms with Gasteiger partial charge < -0.3 is 10.4 Å². The third kappa shape index (κ3) is 2.18. The molecule has 0 atom stereocenters. The second-order valence-corrected chi connectivity index (χ2v) is 4.77. The number of aromatic nitrogens is 2. The molecule has 0 amide bonds. The van der Waals surface area contributed by atoms with Crippen molar-refractivity contribution in [2.24, 2.45) is 0 Å². The predicted molar refractivity (Wildman–Crippen MR) is 69.3 cm³/mol. The molecule has 17 heavy (non-hydrogen) atoms.